The van der Waals surface area contributed by atoms with Crippen molar-refractivity contribution in [2.75, 3.05) is 10.6 Å². The average molecular weight is 388 g/mol. The van der Waals surface area contributed by atoms with Gasteiger partial charge in [-0.05, 0) is 37.1 Å². The summed E-state index contributed by atoms with van der Waals surface area (Å²) in [5.74, 6) is 1.65. The van der Waals surface area contributed by atoms with Crippen LogP contribution >= 0.6 is 0 Å². The summed E-state index contributed by atoms with van der Waals surface area (Å²) in [5.41, 5.74) is 0.835. The molecule has 148 valence electrons. The van der Waals surface area contributed by atoms with Crippen LogP contribution in [0.25, 0.3) is 0 Å². The predicted octanol–water partition coefficient (Wildman–Crippen LogP) is 5.27. The summed E-state index contributed by atoms with van der Waals surface area (Å²) in [4.78, 5) is 21.3. The Balaban J connectivity index is 1.41. The lowest BCUT2D eigenvalue weighted by molar-refractivity contribution is 0.102. The molecule has 1 aromatic heterocycles. The van der Waals surface area contributed by atoms with Crippen LogP contribution in [0.3, 0.4) is 0 Å². The number of para-hydroxylation sites is 3. The van der Waals surface area contributed by atoms with E-state index >= 15 is 0 Å². The van der Waals surface area contributed by atoms with Gasteiger partial charge in [0.05, 0.1) is 18.1 Å². The van der Waals surface area contributed by atoms with Gasteiger partial charge in [-0.3, -0.25) is 4.79 Å². The molecule has 1 fully saturated rings. The Labute approximate surface area is 170 Å². The fourth-order valence-electron chi connectivity index (χ4n) is 3.44. The van der Waals surface area contributed by atoms with Crippen molar-refractivity contribution < 1.29 is 9.53 Å². The Morgan fingerprint density at radius 3 is 2.41 bits per heavy atom. The number of carbonyl (C=O) groups is 1. The van der Waals surface area contributed by atoms with Crippen molar-refractivity contribution in [1.29, 1.82) is 0 Å². The molecule has 0 spiro atoms. The van der Waals surface area contributed by atoms with E-state index in [9.17, 15) is 4.79 Å². The van der Waals surface area contributed by atoms with Crippen molar-refractivity contribution in [2.45, 2.75) is 38.1 Å². The molecule has 1 aliphatic rings. The van der Waals surface area contributed by atoms with Crippen molar-refractivity contribution in [3.8, 4) is 11.5 Å². The molecule has 4 rings (SSSR count). The van der Waals surface area contributed by atoms with Gasteiger partial charge in [-0.25, -0.2) is 9.97 Å². The second-order valence-electron chi connectivity index (χ2n) is 7.13. The lowest BCUT2D eigenvalue weighted by Crippen LogP contribution is -2.23. The standard InChI is InChI=1S/C23H24N4O2/c28-23(20-15-25-22(16-24-20)26-17-9-3-1-4-10-17)27-19-13-7-8-14-21(19)29-18-11-5-2-6-12-18/h2,5-8,11-17H,1,3-4,9-10H2,(H,25,26)(H,27,28). The molecule has 6 heteroatoms. The van der Waals surface area contributed by atoms with Crippen LogP contribution in [0.2, 0.25) is 0 Å². The SMILES string of the molecule is O=C(Nc1ccccc1Oc1ccccc1)c1cnc(NC2CCCCC2)cn1. The molecule has 6 nitrogen and oxygen atoms in total. The van der Waals surface area contributed by atoms with Gasteiger partial charge in [0, 0.05) is 6.04 Å². The van der Waals surface area contributed by atoms with Gasteiger partial charge in [-0.2, -0.15) is 0 Å². The number of carbonyl (C=O) groups excluding carboxylic acids is 1. The molecule has 1 saturated carbocycles. The van der Waals surface area contributed by atoms with E-state index in [1.54, 1.807) is 12.3 Å². The highest BCUT2D eigenvalue weighted by molar-refractivity contribution is 6.03. The van der Waals surface area contributed by atoms with Crippen LogP contribution in [-0.2, 0) is 0 Å². The van der Waals surface area contributed by atoms with Gasteiger partial charge in [0.2, 0.25) is 0 Å². The van der Waals surface area contributed by atoms with Crippen molar-refractivity contribution in [3.63, 3.8) is 0 Å². The maximum atomic E-state index is 12.6. The van der Waals surface area contributed by atoms with E-state index in [1.165, 1.54) is 25.5 Å². The minimum absolute atomic E-state index is 0.258. The molecule has 1 heterocycles. The molecule has 1 amide bonds. The van der Waals surface area contributed by atoms with Crippen LogP contribution in [0.1, 0.15) is 42.6 Å². The zero-order valence-corrected chi connectivity index (χ0v) is 16.2. The Morgan fingerprint density at radius 2 is 1.66 bits per heavy atom. The zero-order valence-electron chi connectivity index (χ0n) is 16.2. The van der Waals surface area contributed by atoms with E-state index in [1.807, 2.05) is 48.5 Å². The topological polar surface area (TPSA) is 76.1 Å². The number of nitrogens with one attached hydrogen (secondary N) is 2. The van der Waals surface area contributed by atoms with Gasteiger partial charge >= 0.3 is 0 Å². The van der Waals surface area contributed by atoms with Gasteiger partial charge in [-0.15, -0.1) is 0 Å². The highest BCUT2D eigenvalue weighted by Gasteiger charge is 2.15. The minimum Gasteiger partial charge on any atom is -0.455 e. The number of hydrogen-bond acceptors (Lipinski definition) is 5. The van der Waals surface area contributed by atoms with E-state index in [0.717, 1.165) is 12.8 Å². The van der Waals surface area contributed by atoms with E-state index in [-0.39, 0.29) is 11.6 Å². The van der Waals surface area contributed by atoms with Gasteiger partial charge in [0.25, 0.3) is 5.91 Å². The lowest BCUT2D eigenvalue weighted by Gasteiger charge is -2.23. The summed E-state index contributed by atoms with van der Waals surface area (Å²) < 4.78 is 5.89. The Hall–Kier alpha value is -3.41. The lowest BCUT2D eigenvalue weighted by atomic mass is 9.96. The molecule has 0 bridgehead atoms. The second-order valence-corrected chi connectivity index (χ2v) is 7.13. The molecule has 0 saturated heterocycles. The number of aromatic nitrogens is 2. The highest BCUT2D eigenvalue weighted by Crippen LogP contribution is 2.29. The molecular weight excluding hydrogens is 364 g/mol. The van der Waals surface area contributed by atoms with Crippen LogP contribution in [0.5, 0.6) is 11.5 Å². The fourth-order valence-corrected chi connectivity index (χ4v) is 3.44. The first-order chi connectivity index (χ1) is 14.3. The Morgan fingerprint density at radius 1 is 0.897 bits per heavy atom. The third-order valence-corrected chi connectivity index (χ3v) is 4.95. The molecule has 1 aliphatic carbocycles. The summed E-state index contributed by atoms with van der Waals surface area (Å²) in [7, 11) is 0. The van der Waals surface area contributed by atoms with Crippen LogP contribution in [0.4, 0.5) is 11.5 Å². The number of ether oxygens (including phenoxy) is 1. The van der Waals surface area contributed by atoms with Crippen molar-refractivity contribution >= 4 is 17.4 Å². The second kappa shape index (κ2) is 9.19. The number of anilines is 2. The van der Waals surface area contributed by atoms with Crippen LogP contribution in [0.15, 0.2) is 67.0 Å². The average Bonchev–Trinajstić information content (AvgIpc) is 2.77. The van der Waals surface area contributed by atoms with Gasteiger partial charge < -0.3 is 15.4 Å². The van der Waals surface area contributed by atoms with E-state index in [4.69, 9.17) is 4.74 Å². The quantitative estimate of drug-likeness (QED) is 0.602. The van der Waals surface area contributed by atoms with Crippen molar-refractivity contribution in [2.24, 2.45) is 0 Å². The van der Waals surface area contributed by atoms with Crippen LogP contribution < -0.4 is 15.4 Å². The summed E-state index contributed by atoms with van der Waals surface area (Å²) in [6, 6.07) is 17.2. The first-order valence-corrected chi connectivity index (χ1v) is 10.00. The highest BCUT2D eigenvalue weighted by atomic mass is 16.5. The van der Waals surface area contributed by atoms with Crippen molar-refractivity contribution in [3.05, 3.63) is 72.7 Å². The molecule has 0 unspecified atom stereocenters. The monoisotopic (exact) mass is 388 g/mol. The van der Waals surface area contributed by atoms with E-state index < -0.39 is 0 Å². The number of benzene rings is 2. The van der Waals surface area contributed by atoms with Gasteiger partial charge in [0.15, 0.2) is 5.75 Å². The maximum absolute atomic E-state index is 12.6. The molecule has 2 aromatic carbocycles. The van der Waals surface area contributed by atoms with Crippen LogP contribution in [-0.4, -0.2) is 21.9 Å². The molecule has 0 radical (unpaired) electrons. The fraction of sp³-hybridized carbons (Fsp3) is 0.261. The number of nitrogens with zero attached hydrogens (tertiary/aromatic N) is 2. The molecule has 0 aliphatic heterocycles. The third-order valence-electron chi connectivity index (χ3n) is 4.95. The van der Waals surface area contributed by atoms with Crippen LogP contribution in [0, 0.1) is 0 Å². The first-order valence-electron chi connectivity index (χ1n) is 10.00. The Kier molecular flexibility index (Phi) is 6.00. The molecular formula is C23H24N4O2. The smallest absolute Gasteiger partial charge is 0.275 e. The molecule has 3 aromatic rings. The van der Waals surface area contributed by atoms with E-state index in [2.05, 4.69) is 20.6 Å². The van der Waals surface area contributed by atoms with Gasteiger partial charge in [-0.1, -0.05) is 49.6 Å². The largest absolute Gasteiger partial charge is 0.455 e. The number of amides is 1. The normalized spacial score (nSPS) is 14.2. The summed E-state index contributed by atoms with van der Waals surface area (Å²) >= 11 is 0. The molecule has 0 atom stereocenters. The van der Waals surface area contributed by atoms with Crippen molar-refractivity contribution in [1.82, 2.24) is 9.97 Å². The predicted molar refractivity (Wildman–Crippen MR) is 113 cm³/mol. The molecule has 29 heavy (non-hydrogen) atoms. The summed E-state index contributed by atoms with van der Waals surface area (Å²) in [6.07, 6.45) is 9.23. The Bertz CT molecular complexity index is 939. The number of hydrogen-bond donors (Lipinski definition) is 2. The first kappa shape index (κ1) is 18.9. The zero-order chi connectivity index (χ0) is 19.9. The molecule has 2 N–H and O–H groups in total. The summed E-state index contributed by atoms with van der Waals surface area (Å²) in [6.45, 7) is 0. The number of rotatable bonds is 6. The summed E-state index contributed by atoms with van der Waals surface area (Å²) in [5, 5.41) is 6.27. The minimum atomic E-state index is -0.328. The third kappa shape index (κ3) is 5.10. The van der Waals surface area contributed by atoms with E-state index in [0.29, 0.717) is 29.0 Å². The maximum Gasteiger partial charge on any atom is 0.275 e. The van der Waals surface area contributed by atoms with Gasteiger partial charge in [0.1, 0.15) is 17.3 Å².